The van der Waals surface area contributed by atoms with E-state index in [9.17, 15) is 0 Å². The number of anilines is 1. The van der Waals surface area contributed by atoms with E-state index in [2.05, 4.69) is 25.8 Å². The van der Waals surface area contributed by atoms with Crippen molar-refractivity contribution in [3.63, 3.8) is 0 Å². The van der Waals surface area contributed by atoms with Crippen LogP contribution in [-0.4, -0.2) is 12.0 Å². The fourth-order valence-corrected chi connectivity index (χ4v) is 3.10. The Bertz CT molecular complexity index is 486. The summed E-state index contributed by atoms with van der Waals surface area (Å²) in [6.07, 6.45) is 1.79. The zero-order valence-electron chi connectivity index (χ0n) is 8.65. The molecule has 2 nitrogen and oxygen atoms in total. The Morgan fingerprint density at radius 3 is 2.88 bits per heavy atom. The normalized spacial score (nSPS) is 10.4. The van der Waals surface area contributed by atoms with Crippen LogP contribution >= 0.6 is 38.9 Å². The number of nitrogens with zero attached hydrogens (tertiary/aromatic N) is 2. The van der Waals surface area contributed by atoms with Crippen LogP contribution in [0.2, 0.25) is 4.34 Å². The number of rotatable bonds is 3. The lowest BCUT2D eigenvalue weighted by Gasteiger charge is -2.18. The van der Waals surface area contributed by atoms with Crippen molar-refractivity contribution in [3.05, 3.63) is 44.1 Å². The molecule has 5 heteroatoms. The molecule has 0 N–H and O–H groups in total. The van der Waals surface area contributed by atoms with Gasteiger partial charge in [0.2, 0.25) is 0 Å². The van der Waals surface area contributed by atoms with Crippen molar-refractivity contribution in [2.75, 3.05) is 11.9 Å². The summed E-state index contributed by atoms with van der Waals surface area (Å²) >= 11 is 11.0. The lowest BCUT2D eigenvalue weighted by atomic mass is 10.4. The lowest BCUT2D eigenvalue weighted by molar-refractivity contribution is 0.908. The van der Waals surface area contributed by atoms with Crippen molar-refractivity contribution in [3.8, 4) is 0 Å². The van der Waals surface area contributed by atoms with Gasteiger partial charge >= 0.3 is 0 Å². The highest BCUT2D eigenvalue weighted by Crippen LogP contribution is 2.26. The predicted molar refractivity (Wildman–Crippen MR) is 73.4 cm³/mol. The Morgan fingerprint density at radius 2 is 2.25 bits per heavy atom. The molecule has 0 aromatic carbocycles. The van der Waals surface area contributed by atoms with Gasteiger partial charge in [-0.2, -0.15) is 0 Å². The molecule has 2 aromatic heterocycles. The van der Waals surface area contributed by atoms with E-state index in [-0.39, 0.29) is 0 Å². The molecule has 2 rings (SSSR count). The van der Waals surface area contributed by atoms with E-state index >= 15 is 0 Å². The standard InChI is InChI=1S/C11H10BrClN2S/c1-15(7-8-4-5-10(13)16-8)11-9(12)3-2-6-14-11/h2-6H,7H2,1H3. The van der Waals surface area contributed by atoms with Gasteiger partial charge in [0.25, 0.3) is 0 Å². The topological polar surface area (TPSA) is 16.1 Å². The van der Waals surface area contributed by atoms with E-state index in [0.717, 1.165) is 21.2 Å². The fraction of sp³-hybridized carbons (Fsp3) is 0.182. The van der Waals surface area contributed by atoms with Crippen molar-refractivity contribution in [2.45, 2.75) is 6.54 Å². The molecule has 0 aliphatic rings. The van der Waals surface area contributed by atoms with E-state index in [1.165, 1.54) is 4.88 Å². The van der Waals surface area contributed by atoms with Gasteiger partial charge in [-0.1, -0.05) is 11.6 Å². The van der Waals surface area contributed by atoms with Crippen LogP contribution in [-0.2, 0) is 6.54 Å². The van der Waals surface area contributed by atoms with Crippen molar-refractivity contribution in [1.82, 2.24) is 4.98 Å². The first-order chi connectivity index (χ1) is 7.66. The van der Waals surface area contributed by atoms with Crippen LogP contribution in [0.25, 0.3) is 0 Å². The molecule has 0 unspecified atom stereocenters. The highest BCUT2D eigenvalue weighted by atomic mass is 79.9. The van der Waals surface area contributed by atoms with Crippen LogP contribution in [0.1, 0.15) is 4.88 Å². The first kappa shape index (κ1) is 11.9. The highest BCUT2D eigenvalue weighted by Gasteiger charge is 2.08. The molecule has 0 saturated heterocycles. The Morgan fingerprint density at radius 1 is 1.44 bits per heavy atom. The molecule has 0 saturated carbocycles. The average Bonchev–Trinajstić information content (AvgIpc) is 2.64. The molecule has 0 aliphatic heterocycles. The molecule has 0 bridgehead atoms. The summed E-state index contributed by atoms with van der Waals surface area (Å²) in [5, 5.41) is 0. The second kappa shape index (κ2) is 5.17. The lowest BCUT2D eigenvalue weighted by Crippen LogP contribution is -2.17. The number of pyridine rings is 1. The van der Waals surface area contributed by atoms with Crippen molar-refractivity contribution in [2.24, 2.45) is 0 Å². The van der Waals surface area contributed by atoms with E-state index in [1.54, 1.807) is 17.5 Å². The van der Waals surface area contributed by atoms with Crippen molar-refractivity contribution < 1.29 is 0 Å². The van der Waals surface area contributed by atoms with Crippen LogP contribution < -0.4 is 4.90 Å². The first-order valence-corrected chi connectivity index (χ1v) is 6.71. The summed E-state index contributed by atoms with van der Waals surface area (Å²) in [5.41, 5.74) is 0. The molecule has 2 heterocycles. The fourth-order valence-electron chi connectivity index (χ4n) is 1.40. The summed E-state index contributed by atoms with van der Waals surface area (Å²) in [7, 11) is 2.01. The maximum atomic E-state index is 5.90. The zero-order chi connectivity index (χ0) is 11.5. The van der Waals surface area contributed by atoms with Gasteiger partial charge in [0, 0.05) is 18.1 Å². The molecule has 0 radical (unpaired) electrons. The summed E-state index contributed by atoms with van der Waals surface area (Å²) in [4.78, 5) is 7.65. The number of aromatic nitrogens is 1. The van der Waals surface area contributed by atoms with Gasteiger partial charge in [0.05, 0.1) is 15.4 Å². The zero-order valence-corrected chi connectivity index (χ0v) is 11.8. The molecule has 0 spiro atoms. The van der Waals surface area contributed by atoms with E-state index in [4.69, 9.17) is 11.6 Å². The smallest absolute Gasteiger partial charge is 0.142 e. The van der Waals surface area contributed by atoms with Crippen LogP contribution in [0.5, 0.6) is 0 Å². The second-order valence-corrected chi connectivity index (χ2v) is 6.02. The molecule has 0 atom stereocenters. The van der Waals surface area contributed by atoms with Gasteiger partial charge in [-0.05, 0) is 40.2 Å². The van der Waals surface area contributed by atoms with Crippen molar-refractivity contribution in [1.29, 1.82) is 0 Å². The van der Waals surface area contributed by atoms with E-state index < -0.39 is 0 Å². The van der Waals surface area contributed by atoms with Gasteiger partial charge in [-0.25, -0.2) is 4.98 Å². The summed E-state index contributed by atoms with van der Waals surface area (Å²) in [6.45, 7) is 0.812. The average molecular weight is 318 g/mol. The van der Waals surface area contributed by atoms with Crippen molar-refractivity contribution >= 4 is 44.7 Å². The van der Waals surface area contributed by atoms with E-state index in [1.807, 2.05) is 31.3 Å². The Labute approximate surface area is 112 Å². The van der Waals surface area contributed by atoms with Crippen LogP contribution in [0, 0.1) is 0 Å². The number of thiophene rings is 1. The minimum atomic E-state index is 0.812. The Kier molecular flexibility index (Phi) is 3.84. The maximum absolute atomic E-state index is 5.90. The first-order valence-electron chi connectivity index (χ1n) is 4.72. The molecule has 16 heavy (non-hydrogen) atoms. The number of hydrogen-bond donors (Lipinski definition) is 0. The summed E-state index contributed by atoms with van der Waals surface area (Å²) in [6, 6.07) is 7.85. The third-order valence-corrected chi connectivity index (χ3v) is 3.96. The molecule has 84 valence electrons. The van der Waals surface area contributed by atoms with E-state index in [0.29, 0.717) is 0 Å². The SMILES string of the molecule is CN(Cc1ccc(Cl)s1)c1ncccc1Br. The van der Waals surface area contributed by atoms with Gasteiger partial charge in [-0.15, -0.1) is 11.3 Å². The number of hydrogen-bond acceptors (Lipinski definition) is 3. The third-order valence-electron chi connectivity index (χ3n) is 2.12. The quantitative estimate of drug-likeness (QED) is 0.843. The predicted octanol–water partition coefficient (Wildman–Crippen LogP) is 4.20. The number of halogens is 2. The summed E-state index contributed by atoms with van der Waals surface area (Å²) in [5.74, 6) is 0.937. The second-order valence-electron chi connectivity index (χ2n) is 3.37. The largest absolute Gasteiger partial charge is 0.354 e. The molecular weight excluding hydrogens is 308 g/mol. The Hall–Kier alpha value is -0.580. The summed E-state index contributed by atoms with van der Waals surface area (Å²) < 4.78 is 1.82. The van der Waals surface area contributed by atoms with Crippen LogP contribution in [0.15, 0.2) is 34.9 Å². The monoisotopic (exact) mass is 316 g/mol. The highest BCUT2D eigenvalue weighted by molar-refractivity contribution is 9.10. The molecule has 0 fully saturated rings. The Balaban J connectivity index is 2.14. The third kappa shape index (κ3) is 2.75. The van der Waals surface area contributed by atoms with Gasteiger partial charge in [0.15, 0.2) is 0 Å². The van der Waals surface area contributed by atoms with Gasteiger partial charge in [-0.3, -0.25) is 0 Å². The molecule has 2 aromatic rings. The van der Waals surface area contributed by atoms with Crippen LogP contribution in [0.4, 0.5) is 5.82 Å². The molecule has 0 amide bonds. The minimum Gasteiger partial charge on any atom is -0.354 e. The van der Waals surface area contributed by atoms with Gasteiger partial charge < -0.3 is 4.90 Å². The molecular formula is C11H10BrClN2S. The maximum Gasteiger partial charge on any atom is 0.142 e. The minimum absolute atomic E-state index is 0.812. The molecule has 0 aliphatic carbocycles. The van der Waals surface area contributed by atoms with Gasteiger partial charge in [0.1, 0.15) is 5.82 Å². The van der Waals surface area contributed by atoms with Crippen LogP contribution in [0.3, 0.4) is 0 Å².